The Balaban J connectivity index is 1.41. The maximum Gasteiger partial charge on any atom is 0.125 e. The normalized spacial score (nSPS) is 15.5. The van der Waals surface area contributed by atoms with E-state index < -0.39 is 0 Å². The second kappa shape index (κ2) is 11.1. The lowest BCUT2D eigenvalue weighted by molar-refractivity contribution is 0.160. The van der Waals surface area contributed by atoms with Crippen molar-refractivity contribution in [2.24, 2.45) is 0 Å². The first-order valence-corrected chi connectivity index (χ1v) is 12.5. The van der Waals surface area contributed by atoms with Gasteiger partial charge in [-0.3, -0.25) is 4.90 Å². The van der Waals surface area contributed by atoms with Crippen LogP contribution < -0.4 is 9.64 Å². The molecule has 1 fully saturated rings. The summed E-state index contributed by atoms with van der Waals surface area (Å²) < 4.78 is 20.1. The molecule has 3 nitrogen and oxygen atoms in total. The summed E-state index contributed by atoms with van der Waals surface area (Å²) in [5, 5.41) is 0. The van der Waals surface area contributed by atoms with Gasteiger partial charge in [0.2, 0.25) is 0 Å². The van der Waals surface area contributed by atoms with Crippen molar-refractivity contribution in [1.82, 2.24) is 4.90 Å². The number of rotatable bonds is 8. The van der Waals surface area contributed by atoms with Gasteiger partial charge in [-0.1, -0.05) is 50.2 Å². The van der Waals surface area contributed by atoms with Gasteiger partial charge < -0.3 is 9.64 Å². The molecule has 0 radical (unpaired) electrons. The number of hydrogen-bond donors (Lipinski definition) is 0. The van der Waals surface area contributed by atoms with Crippen molar-refractivity contribution >= 4 is 5.69 Å². The van der Waals surface area contributed by atoms with Crippen LogP contribution in [0.25, 0.3) is 0 Å². The number of ether oxygens (including phenoxy) is 1. The van der Waals surface area contributed by atoms with E-state index in [2.05, 4.69) is 80.0 Å². The first-order valence-electron chi connectivity index (χ1n) is 12.5. The van der Waals surface area contributed by atoms with Crippen LogP contribution in [0.4, 0.5) is 10.1 Å². The average Bonchev–Trinajstić information content (AvgIpc) is 2.83. The third kappa shape index (κ3) is 5.98. The first-order chi connectivity index (χ1) is 16.4. The summed E-state index contributed by atoms with van der Waals surface area (Å²) in [4.78, 5) is 5.00. The fourth-order valence-corrected chi connectivity index (χ4v) is 4.94. The molecule has 0 bridgehead atoms. The monoisotopic (exact) mass is 460 g/mol. The molecule has 180 valence electrons. The minimum atomic E-state index is -0.216. The number of piperazine rings is 1. The Morgan fingerprint density at radius 1 is 0.853 bits per heavy atom. The molecule has 0 unspecified atom stereocenters. The molecule has 0 aromatic heterocycles. The molecule has 4 rings (SSSR count). The summed E-state index contributed by atoms with van der Waals surface area (Å²) in [6.45, 7) is 13.8. The van der Waals surface area contributed by atoms with Gasteiger partial charge in [-0.05, 0) is 72.4 Å². The zero-order valence-electron chi connectivity index (χ0n) is 20.9. The van der Waals surface area contributed by atoms with Crippen molar-refractivity contribution in [1.29, 1.82) is 0 Å². The van der Waals surface area contributed by atoms with Gasteiger partial charge >= 0.3 is 0 Å². The minimum absolute atomic E-state index is 0.112. The van der Waals surface area contributed by atoms with E-state index in [1.165, 1.54) is 34.5 Å². The lowest BCUT2D eigenvalue weighted by Crippen LogP contribution is -2.47. The Labute approximate surface area is 204 Å². The lowest BCUT2D eigenvalue weighted by atomic mass is 9.98. The third-order valence-corrected chi connectivity index (χ3v) is 6.92. The molecule has 0 N–H and O–H groups in total. The van der Waals surface area contributed by atoms with Gasteiger partial charge in [-0.2, -0.15) is 0 Å². The van der Waals surface area contributed by atoms with E-state index in [4.69, 9.17) is 4.74 Å². The first kappa shape index (κ1) is 24.3. The quantitative estimate of drug-likeness (QED) is 0.364. The molecular formula is C30H37FN2O. The van der Waals surface area contributed by atoms with Gasteiger partial charge in [-0.15, -0.1) is 0 Å². The highest BCUT2D eigenvalue weighted by Crippen LogP contribution is 2.29. The number of aryl methyl sites for hydroxylation is 2. The molecule has 0 spiro atoms. The summed E-state index contributed by atoms with van der Waals surface area (Å²) in [5.41, 5.74) is 6.29. The zero-order valence-corrected chi connectivity index (χ0v) is 20.9. The lowest BCUT2D eigenvalue weighted by Gasteiger charge is -2.37. The fraction of sp³-hybridized carbons (Fsp3) is 0.400. The van der Waals surface area contributed by atoms with E-state index in [-0.39, 0.29) is 11.9 Å². The highest BCUT2D eigenvalue weighted by Gasteiger charge is 2.21. The summed E-state index contributed by atoms with van der Waals surface area (Å²) in [5.74, 6) is 1.15. The number of anilines is 1. The molecule has 3 aromatic carbocycles. The van der Waals surface area contributed by atoms with Crippen LogP contribution in [-0.2, 0) is 0 Å². The summed E-state index contributed by atoms with van der Waals surface area (Å²) in [7, 11) is 0. The van der Waals surface area contributed by atoms with Crippen LogP contribution in [0.15, 0.2) is 66.7 Å². The molecule has 1 atom stereocenters. The zero-order chi connectivity index (χ0) is 24.1. The average molecular weight is 461 g/mol. The minimum Gasteiger partial charge on any atom is -0.486 e. The van der Waals surface area contributed by atoms with Crippen molar-refractivity contribution in [2.45, 2.75) is 46.1 Å². The van der Waals surface area contributed by atoms with E-state index in [9.17, 15) is 4.39 Å². The molecule has 0 amide bonds. The molecule has 1 saturated heterocycles. The maximum absolute atomic E-state index is 13.6. The largest absolute Gasteiger partial charge is 0.486 e. The number of para-hydroxylation sites is 1. The number of benzene rings is 3. The van der Waals surface area contributed by atoms with Crippen molar-refractivity contribution < 1.29 is 9.13 Å². The predicted octanol–water partition coefficient (Wildman–Crippen LogP) is 6.90. The molecule has 1 aliphatic rings. The fourth-order valence-electron chi connectivity index (χ4n) is 4.94. The van der Waals surface area contributed by atoms with Crippen molar-refractivity contribution in [3.63, 3.8) is 0 Å². The van der Waals surface area contributed by atoms with E-state index in [1.54, 1.807) is 0 Å². The van der Waals surface area contributed by atoms with Crippen molar-refractivity contribution in [3.8, 4) is 5.75 Å². The topological polar surface area (TPSA) is 15.7 Å². The summed E-state index contributed by atoms with van der Waals surface area (Å²) >= 11 is 0. The maximum atomic E-state index is 13.6. The SMILES string of the molecule is Cc1cc(O[C@@H](CCN2CCN(c3ccccc3C)CC2)c2ccc(F)cc2)ccc1C(C)C. The molecule has 0 aliphatic carbocycles. The van der Waals surface area contributed by atoms with Gasteiger partial charge in [0.15, 0.2) is 0 Å². The molecule has 0 saturated carbocycles. The molecule has 1 heterocycles. The van der Waals surface area contributed by atoms with E-state index in [0.717, 1.165) is 50.5 Å². The third-order valence-electron chi connectivity index (χ3n) is 6.92. The summed E-state index contributed by atoms with van der Waals surface area (Å²) in [6.07, 6.45) is 0.750. The number of nitrogens with zero attached hydrogens (tertiary/aromatic N) is 2. The smallest absolute Gasteiger partial charge is 0.125 e. The van der Waals surface area contributed by atoms with Crippen LogP contribution in [0.5, 0.6) is 5.75 Å². The Bertz CT molecular complexity index is 1070. The molecular weight excluding hydrogens is 423 g/mol. The standard InChI is InChI=1S/C30H37FN2O/c1-22(2)28-14-13-27(21-24(28)4)34-30(25-9-11-26(31)12-10-25)15-16-32-17-19-33(20-18-32)29-8-6-5-7-23(29)3/h5-14,21-22,30H,15-20H2,1-4H3/t30-/m0/s1. The van der Waals surface area contributed by atoms with Gasteiger partial charge in [0.1, 0.15) is 17.7 Å². The van der Waals surface area contributed by atoms with Crippen molar-refractivity contribution in [3.05, 3.63) is 94.8 Å². The van der Waals surface area contributed by atoms with Gasteiger partial charge in [0.25, 0.3) is 0 Å². The van der Waals surface area contributed by atoms with Crippen LogP contribution in [0.1, 0.15) is 54.5 Å². The molecule has 1 aliphatic heterocycles. The molecule has 3 aromatic rings. The Kier molecular flexibility index (Phi) is 7.89. The predicted molar refractivity (Wildman–Crippen MR) is 139 cm³/mol. The highest BCUT2D eigenvalue weighted by molar-refractivity contribution is 5.53. The van der Waals surface area contributed by atoms with E-state index in [1.807, 2.05) is 12.1 Å². The number of hydrogen-bond acceptors (Lipinski definition) is 3. The van der Waals surface area contributed by atoms with Gasteiger partial charge in [0.05, 0.1) is 0 Å². The summed E-state index contributed by atoms with van der Waals surface area (Å²) in [6, 6.07) is 21.7. The van der Waals surface area contributed by atoms with Crippen LogP contribution >= 0.6 is 0 Å². The Hall–Kier alpha value is -2.85. The van der Waals surface area contributed by atoms with E-state index in [0.29, 0.717) is 5.92 Å². The van der Waals surface area contributed by atoms with E-state index >= 15 is 0 Å². The Morgan fingerprint density at radius 3 is 2.21 bits per heavy atom. The van der Waals surface area contributed by atoms with Crippen LogP contribution in [0.2, 0.25) is 0 Å². The van der Waals surface area contributed by atoms with Gasteiger partial charge in [0, 0.05) is 44.8 Å². The van der Waals surface area contributed by atoms with Crippen molar-refractivity contribution in [2.75, 3.05) is 37.6 Å². The van der Waals surface area contributed by atoms with Crippen LogP contribution in [0, 0.1) is 19.7 Å². The highest BCUT2D eigenvalue weighted by atomic mass is 19.1. The van der Waals surface area contributed by atoms with Crippen LogP contribution in [0.3, 0.4) is 0 Å². The number of halogens is 1. The molecule has 4 heteroatoms. The Morgan fingerprint density at radius 2 is 1.56 bits per heavy atom. The second-order valence-corrected chi connectivity index (χ2v) is 9.73. The second-order valence-electron chi connectivity index (χ2n) is 9.73. The molecule has 34 heavy (non-hydrogen) atoms. The van der Waals surface area contributed by atoms with Crippen LogP contribution in [-0.4, -0.2) is 37.6 Å². The van der Waals surface area contributed by atoms with Gasteiger partial charge in [-0.25, -0.2) is 4.39 Å².